The van der Waals surface area contributed by atoms with Crippen LogP contribution in [0.5, 0.6) is 5.75 Å². The van der Waals surface area contributed by atoms with E-state index >= 15 is 0 Å². The number of hydrogen-bond acceptors (Lipinski definition) is 4. The number of carbonyl (C=O) groups excluding carboxylic acids is 1. The maximum atomic E-state index is 12.0. The van der Waals surface area contributed by atoms with Gasteiger partial charge < -0.3 is 10.1 Å². The molecule has 1 N–H and O–H groups in total. The zero-order chi connectivity index (χ0) is 16.1. The first-order chi connectivity index (χ1) is 10.5. The van der Waals surface area contributed by atoms with Crippen molar-refractivity contribution in [3.05, 3.63) is 64.2 Å². The van der Waals surface area contributed by atoms with Crippen LogP contribution in [-0.2, 0) is 4.79 Å². The van der Waals surface area contributed by atoms with Crippen LogP contribution in [0.4, 0.5) is 11.4 Å². The molecular weight excluding hydrogens is 284 g/mol. The van der Waals surface area contributed by atoms with Crippen molar-refractivity contribution in [3.63, 3.8) is 0 Å². The lowest BCUT2D eigenvalue weighted by Gasteiger charge is -2.14. The van der Waals surface area contributed by atoms with Crippen LogP contribution in [0.3, 0.4) is 0 Å². The third kappa shape index (κ3) is 4.05. The summed E-state index contributed by atoms with van der Waals surface area (Å²) in [5, 5.41) is 13.2. The van der Waals surface area contributed by atoms with Crippen molar-refractivity contribution >= 4 is 17.3 Å². The van der Waals surface area contributed by atoms with E-state index in [1.165, 1.54) is 24.3 Å². The van der Waals surface area contributed by atoms with Gasteiger partial charge in [0, 0.05) is 17.8 Å². The predicted octanol–water partition coefficient (Wildman–Crippen LogP) is 3.31. The molecule has 0 spiro atoms. The summed E-state index contributed by atoms with van der Waals surface area (Å²) in [4.78, 5) is 22.1. The fraction of sp³-hybridized carbons (Fsp3) is 0.188. The molecule has 1 amide bonds. The van der Waals surface area contributed by atoms with Gasteiger partial charge in [-0.25, -0.2) is 0 Å². The van der Waals surface area contributed by atoms with Crippen LogP contribution in [0.15, 0.2) is 48.5 Å². The molecule has 6 heteroatoms. The third-order valence-corrected chi connectivity index (χ3v) is 3.05. The molecule has 0 saturated carbocycles. The molecule has 2 aromatic rings. The third-order valence-electron chi connectivity index (χ3n) is 3.05. The minimum Gasteiger partial charge on any atom is -0.481 e. The van der Waals surface area contributed by atoms with Crippen molar-refractivity contribution in [1.82, 2.24) is 0 Å². The highest BCUT2D eigenvalue weighted by Gasteiger charge is 2.15. The molecule has 114 valence electrons. The van der Waals surface area contributed by atoms with Gasteiger partial charge in [0.25, 0.3) is 11.6 Å². The topological polar surface area (TPSA) is 81.5 Å². The average molecular weight is 300 g/mol. The van der Waals surface area contributed by atoms with Crippen LogP contribution >= 0.6 is 0 Å². The van der Waals surface area contributed by atoms with E-state index in [-0.39, 0.29) is 11.6 Å². The summed E-state index contributed by atoms with van der Waals surface area (Å²) in [6.45, 7) is 3.61. The number of carbonyl (C=O) groups is 1. The second kappa shape index (κ2) is 6.71. The quantitative estimate of drug-likeness (QED) is 0.678. The van der Waals surface area contributed by atoms with Crippen LogP contribution in [0.2, 0.25) is 0 Å². The maximum absolute atomic E-state index is 12.0. The summed E-state index contributed by atoms with van der Waals surface area (Å²) in [6, 6.07) is 13.0. The summed E-state index contributed by atoms with van der Waals surface area (Å²) in [6.07, 6.45) is -0.683. The van der Waals surface area contributed by atoms with E-state index in [1.807, 2.05) is 19.1 Å². The fourth-order valence-corrected chi connectivity index (χ4v) is 1.78. The molecule has 0 aliphatic heterocycles. The number of benzene rings is 2. The molecule has 22 heavy (non-hydrogen) atoms. The van der Waals surface area contributed by atoms with Gasteiger partial charge in [0.05, 0.1) is 4.92 Å². The predicted molar refractivity (Wildman–Crippen MR) is 83.0 cm³/mol. The standard InChI is InChI=1S/C16H16N2O4/c1-11-3-9-15(10-4-11)22-12(2)16(19)17-13-5-7-14(8-6-13)18(20)21/h3-10,12H,1-2H3,(H,17,19). The Morgan fingerprint density at radius 1 is 1.14 bits per heavy atom. The molecule has 2 rings (SSSR count). The van der Waals surface area contributed by atoms with Gasteiger partial charge in [-0.15, -0.1) is 0 Å². The lowest BCUT2D eigenvalue weighted by atomic mass is 10.2. The molecule has 2 aromatic carbocycles. The highest BCUT2D eigenvalue weighted by atomic mass is 16.6. The number of hydrogen-bond donors (Lipinski definition) is 1. The van der Waals surface area contributed by atoms with Crippen LogP contribution in [0.25, 0.3) is 0 Å². The summed E-state index contributed by atoms with van der Waals surface area (Å²) in [5.74, 6) is 0.284. The molecule has 0 aliphatic rings. The van der Waals surface area contributed by atoms with E-state index in [9.17, 15) is 14.9 Å². The Morgan fingerprint density at radius 3 is 2.27 bits per heavy atom. The Hall–Kier alpha value is -2.89. The molecule has 0 radical (unpaired) electrons. The van der Waals surface area contributed by atoms with Crippen molar-refractivity contribution < 1.29 is 14.5 Å². The molecule has 1 unspecified atom stereocenters. The van der Waals surface area contributed by atoms with E-state index in [0.717, 1.165) is 5.56 Å². The summed E-state index contributed by atoms with van der Waals surface area (Å²) in [5.41, 5.74) is 1.56. The Morgan fingerprint density at radius 2 is 1.73 bits per heavy atom. The smallest absolute Gasteiger partial charge is 0.269 e. The zero-order valence-corrected chi connectivity index (χ0v) is 12.3. The summed E-state index contributed by atoms with van der Waals surface area (Å²) in [7, 11) is 0. The second-order valence-corrected chi connectivity index (χ2v) is 4.87. The zero-order valence-electron chi connectivity index (χ0n) is 12.3. The summed E-state index contributed by atoms with van der Waals surface area (Å²) >= 11 is 0. The second-order valence-electron chi connectivity index (χ2n) is 4.87. The number of rotatable bonds is 5. The molecule has 6 nitrogen and oxygen atoms in total. The highest BCUT2D eigenvalue weighted by Crippen LogP contribution is 2.17. The van der Waals surface area contributed by atoms with E-state index in [0.29, 0.717) is 11.4 Å². The molecule has 0 bridgehead atoms. The van der Waals surface area contributed by atoms with Crippen molar-refractivity contribution in [3.8, 4) is 5.75 Å². The minimum absolute atomic E-state index is 0.0260. The normalized spacial score (nSPS) is 11.5. The number of amides is 1. The largest absolute Gasteiger partial charge is 0.481 e. The number of non-ortho nitro benzene ring substituents is 1. The highest BCUT2D eigenvalue weighted by molar-refractivity contribution is 5.94. The number of anilines is 1. The Labute approximate surface area is 127 Å². The number of nitrogens with zero attached hydrogens (tertiary/aromatic N) is 1. The van der Waals surface area contributed by atoms with Gasteiger partial charge in [0.15, 0.2) is 6.10 Å². The van der Waals surface area contributed by atoms with Gasteiger partial charge in [0.1, 0.15) is 5.75 Å². The average Bonchev–Trinajstić information content (AvgIpc) is 2.50. The Kier molecular flexibility index (Phi) is 4.73. The van der Waals surface area contributed by atoms with Crippen molar-refractivity contribution in [2.45, 2.75) is 20.0 Å². The van der Waals surface area contributed by atoms with E-state index in [4.69, 9.17) is 4.74 Å². The van der Waals surface area contributed by atoms with Crippen LogP contribution in [0, 0.1) is 17.0 Å². The van der Waals surface area contributed by atoms with Gasteiger partial charge >= 0.3 is 0 Å². The van der Waals surface area contributed by atoms with Crippen molar-refractivity contribution in [1.29, 1.82) is 0 Å². The fourth-order valence-electron chi connectivity index (χ4n) is 1.78. The maximum Gasteiger partial charge on any atom is 0.269 e. The molecule has 0 heterocycles. The molecule has 0 fully saturated rings. The lowest BCUT2D eigenvalue weighted by Crippen LogP contribution is -2.30. The molecule has 0 saturated heterocycles. The van der Waals surface area contributed by atoms with E-state index in [2.05, 4.69) is 5.32 Å². The molecule has 0 aliphatic carbocycles. The first-order valence-electron chi connectivity index (χ1n) is 6.74. The first-order valence-corrected chi connectivity index (χ1v) is 6.74. The number of nitro benzene ring substituents is 1. The monoisotopic (exact) mass is 300 g/mol. The van der Waals surface area contributed by atoms with Gasteiger partial charge in [0.2, 0.25) is 0 Å². The molecule has 0 aromatic heterocycles. The van der Waals surface area contributed by atoms with Gasteiger partial charge in [-0.1, -0.05) is 17.7 Å². The van der Waals surface area contributed by atoms with Crippen molar-refractivity contribution in [2.75, 3.05) is 5.32 Å². The Balaban J connectivity index is 1.95. The molecule has 1 atom stereocenters. The Bertz CT molecular complexity index is 666. The van der Waals surface area contributed by atoms with Gasteiger partial charge in [-0.05, 0) is 38.1 Å². The van der Waals surface area contributed by atoms with Crippen LogP contribution in [0.1, 0.15) is 12.5 Å². The van der Waals surface area contributed by atoms with Crippen LogP contribution in [-0.4, -0.2) is 16.9 Å². The lowest BCUT2D eigenvalue weighted by molar-refractivity contribution is -0.384. The number of ether oxygens (including phenoxy) is 1. The molecular formula is C16H16N2O4. The number of nitrogens with one attached hydrogen (secondary N) is 1. The SMILES string of the molecule is Cc1ccc(OC(C)C(=O)Nc2ccc([N+](=O)[O-])cc2)cc1. The van der Waals surface area contributed by atoms with Gasteiger partial charge in [-0.2, -0.15) is 0 Å². The van der Waals surface area contributed by atoms with Crippen LogP contribution < -0.4 is 10.1 Å². The number of aryl methyl sites for hydroxylation is 1. The minimum atomic E-state index is -0.683. The van der Waals surface area contributed by atoms with Crippen molar-refractivity contribution in [2.24, 2.45) is 0 Å². The van der Waals surface area contributed by atoms with Gasteiger partial charge in [-0.3, -0.25) is 14.9 Å². The van der Waals surface area contributed by atoms with E-state index < -0.39 is 11.0 Å². The van der Waals surface area contributed by atoms with E-state index in [1.54, 1.807) is 19.1 Å². The summed E-state index contributed by atoms with van der Waals surface area (Å²) < 4.78 is 5.55. The number of nitro groups is 1. The first kappa shape index (κ1) is 15.5.